The van der Waals surface area contributed by atoms with Crippen molar-refractivity contribution in [3.63, 3.8) is 0 Å². The third-order valence-electron chi connectivity index (χ3n) is 4.84. The lowest BCUT2D eigenvalue weighted by atomic mass is 10.1. The molecule has 2 N–H and O–H groups in total. The Hall–Kier alpha value is -3.22. The molecule has 0 bridgehead atoms. The highest BCUT2D eigenvalue weighted by Gasteiger charge is 2.16. The van der Waals surface area contributed by atoms with E-state index in [9.17, 15) is 9.59 Å². The quantitative estimate of drug-likeness (QED) is 0.693. The molecule has 3 aromatic rings. The van der Waals surface area contributed by atoms with E-state index in [2.05, 4.69) is 20.7 Å². The number of carbonyl (C=O) groups is 2. The second-order valence-corrected chi connectivity index (χ2v) is 7.72. The Kier molecular flexibility index (Phi) is 5.68. The molecule has 0 saturated heterocycles. The van der Waals surface area contributed by atoms with Crippen molar-refractivity contribution in [3.8, 4) is 0 Å². The molecule has 2 heterocycles. The lowest BCUT2D eigenvalue weighted by molar-refractivity contribution is -0.115. The molecular weight excluding hydrogens is 366 g/mol. The molecule has 0 radical (unpaired) electrons. The second-order valence-electron chi connectivity index (χ2n) is 7.72. The molecule has 0 fully saturated rings. The van der Waals surface area contributed by atoms with E-state index in [-0.39, 0.29) is 24.4 Å². The lowest BCUT2D eigenvalue weighted by Crippen LogP contribution is -2.33. The van der Waals surface area contributed by atoms with Gasteiger partial charge in [-0.15, -0.1) is 0 Å². The fourth-order valence-corrected chi connectivity index (χ4v) is 3.49. The first-order valence-electron chi connectivity index (χ1n) is 9.68. The molecule has 0 atom stereocenters. The zero-order valence-corrected chi connectivity index (χ0v) is 17.8. The summed E-state index contributed by atoms with van der Waals surface area (Å²) in [7, 11) is 0. The molecule has 0 spiro atoms. The number of hydrogen-bond acceptors (Lipinski definition) is 4. The van der Waals surface area contributed by atoms with E-state index >= 15 is 0 Å². The topological polar surface area (TPSA) is 88.9 Å². The Balaban J connectivity index is 1.71. The Labute approximate surface area is 170 Å². The predicted octanol–water partition coefficient (Wildman–Crippen LogP) is 3.61. The van der Waals surface area contributed by atoms with Gasteiger partial charge in [0.05, 0.1) is 24.0 Å². The maximum atomic E-state index is 12.6. The summed E-state index contributed by atoms with van der Waals surface area (Å²) in [5.41, 5.74) is 5.71. The van der Waals surface area contributed by atoms with Gasteiger partial charge in [-0.2, -0.15) is 5.10 Å². The number of nitrogens with one attached hydrogen (secondary N) is 2. The number of hydrogen-bond donors (Lipinski definition) is 2. The third kappa shape index (κ3) is 4.29. The van der Waals surface area contributed by atoms with Gasteiger partial charge in [0.2, 0.25) is 5.91 Å². The van der Waals surface area contributed by atoms with Crippen molar-refractivity contribution < 1.29 is 9.59 Å². The maximum Gasteiger partial charge on any atom is 0.253 e. The van der Waals surface area contributed by atoms with Crippen LogP contribution in [-0.2, 0) is 4.79 Å². The van der Waals surface area contributed by atoms with E-state index in [0.29, 0.717) is 11.3 Å². The van der Waals surface area contributed by atoms with E-state index in [0.717, 1.165) is 33.4 Å². The Morgan fingerprint density at radius 1 is 1.07 bits per heavy atom. The number of aromatic nitrogens is 3. The van der Waals surface area contributed by atoms with Gasteiger partial charge in [-0.25, -0.2) is 9.67 Å². The largest absolute Gasteiger partial charge is 0.343 e. The fraction of sp³-hybridized carbons (Fsp3) is 0.364. The molecule has 0 aliphatic carbocycles. The summed E-state index contributed by atoms with van der Waals surface area (Å²) < 4.78 is 1.82. The predicted molar refractivity (Wildman–Crippen MR) is 114 cm³/mol. The van der Waals surface area contributed by atoms with Crippen LogP contribution in [0.3, 0.4) is 0 Å². The number of benzene rings is 1. The highest BCUT2D eigenvalue weighted by molar-refractivity contribution is 6.01. The molecule has 2 amide bonds. The molecule has 0 unspecified atom stereocenters. The molecule has 0 aliphatic rings. The molecule has 152 valence electrons. The number of carbonyl (C=O) groups excluding carboxylic acids is 2. The van der Waals surface area contributed by atoms with Crippen molar-refractivity contribution in [3.05, 3.63) is 52.3 Å². The number of aryl methyl sites for hydroxylation is 4. The van der Waals surface area contributed by atoms with Gasteiger partial charge in [-0.05, 0) is 58.7 Å². The van der Waals surface area contributed by atoms with Crippen LogP contribution in [0.1, 0.15) is 52.6 Å². The van der Waals surface area contributed by atoms with Crippen molar-refractivity contribution in [2.45, 2.75) is 47.6 Å². The summed E-state index contributed by atoms with van der Waals surface area (Å²) in [5.74, 6) is -0.602. The minimum Gasteiger partial charge on any atom is -0.343 e. The van der Waals surface area contributed by atoms with E-state index < -0.39 is 0 Å². The van der Waals surface area contributed by atoms with Gasteiger partial charge in [0.25, 0.3) is 5.91 Å². The Morgan fingerprint density at radius 3 is 2.34 bits per heavy atom. The molecule has 29 heavy (non-hydrogen) atoms. The molecule has 7 heteroatoms. The first-order chi connectivity index (χ1) is 13.7. The number of amides is 2. The Bertz CT molecular complexity index is 1080. The van der Waals surface area contributed by atoms with Crippen LogP contribution in [0.4, 0.5) is 5.69 Å². The van der Waals surface area contributed by atoms with E-state index in [1.54, 1.807) is 19.2 Å². The van der Waals surface area contributed by atoms with Crippen LogP contribution in [-0.4, -0.2) is 33.1 Å². The lowest BCUT2D eigenvalue weighted by Gasteiger charge is -2.13. The first-order valence-corrected chi connectivity index (χ1v) is 9.68. The summed E-state index contributed by atoms with van der Waals surface area (Å²) in [6, 6.07) is 5.98. The average molecular weight is 393 g/mol. The standard InChI is InChI=1S/C22H27N5O2/c1-12(2)27-21-17(10-24-27)9-18(16(6)25-21)22(29)23-11-19(28)26-20-14(4)7-13(3)8-15(20)5/h7-10,12H,11H2,1-6H3,(H,23,29)(H,26,28). The molecule has 0 saturated carbocycles. The summed E-state index contributed by atoms with van der Waals surface area (Å²) >= 11 is 0. The normalized spacial score (nSPS) is 11.1. The van der Waals surface area contributed by atoms with E-state index in [1.165, 1.54) is 0 Å². The van der Waals surface area contributed by atoms with Crippen LogP contribution in [0.15, 0.2) is 24.4 Å². The SMILES string of the molecule is Cc1cc(C)c(NC(=O)CNC(=O)c2cc3cnn(C(C)C)c3nc2C)c(C)c1. The zero-order chi connectivity index (χ0) is 21.3. The van der Waals surface area contributed by atoms with Gasteiger partial charge in [-0.1, -0.05) is 17.7 Å². The van der Waals surface area contributed by atoms with Gasteiger partial charge in [0.15, 0.2) is 5.65 Å². The number of rotatable bonds is 5. The van der Waals surface area contributed by atoms with Crippen LogP contribution < -0.4 is 10.6 Å². The van der Waals surface area contributed by atoms with Gasteiger partial charge in [0, 0.05) is 17.1 Å². The maximum absolute atomic E-state index is 12.6. The van der Waals surface area contributed by atoms with Crippen LogP contribution in [0.5, 0.6) is 0 Å². The molecular formula is C22H27N5O2. The number of fused-ring (bicyclic) bond motifs is 1. The van der Waals surface area contributed by atoms with Gasteiger partial charge in [0.1, 0.15) is 0 Å². The van der Waals surface area contributed by atoms with Gasteiger partial charge < -0.3 is 10.6 Å². The average Bonchev–Trinajstić information content (AvgIpc) is 3.04. The second kappa shape index (κ2) is 8.03. The van der Waals surface area contributed by atoms with Gasteiger partial charge >= 0.3 is 0 Å². The van der Waals surface area contributed by atoms with Crippen molar-refractivity contribution >= 4 is 28.5 Å². The summed E-state index contributed by atoms with van der Waals surface area (Å²) in [4.78, 5) is 29.5. The molecule has 7 nitrogen and oxygen atoms in total. The van der Waals surface area contributed by atoms with Crippen molar-refractivity contribution in [1.29, 1.82) is 0 Å². The van der Waals surface area contributed by atoms with Crippen molar-refractivity contribution in [1.82, 2.24) is 20.1 Å². The number of nitrogens with zero attached hydrogens (tertiary/aromatic N) is 3. The minimum absolute atomic E-state index is 0.117. The molecule has 0 aliphatic heterocycles. The zero-order valence-electron chi connectivity index (χ0n) is 17.8. The van der Waals surface area contributed by atoms with Crippen molar-refractivity contribution in [2.24, 2.45) is 0 Å². The highest BCUT2D eigenvalue weighted by Crippen LogP contribution is 2.22. The first kappa shape index (κ1) is 20.5. The smallest absolute Gasteiger partial charge is 0.253 e. The van der Waals surface area contributed by atoms with E-state index in [4.69, 9.17) is 0 Å². The minimum atomic E-state index is -0.332. The molecule has 1 aromatic carbocycles. The van der Waals surface area contributed by atoms with Gasteiger partial charge in [-0.3, -0.25) is 9.59 Å². The Morgan fingerprint density at radius 2 is 1.72 bits per heavy atom. The van der Waals surface area contributed by atoms with Crippen LogP contribution in [0, 0.1) is 27.7 Å². The highest BCUT2D eigenvalue weighted by atomic mass is 16.2. The molecule has 2 aromatic heterocycles. The van der Waals surface area contributed by atoms with Crippen molar-refractivity contribution in [2.75, 3.05) is 11.9 Å². The van der Waals surface area contributed by atoms with Crippen LogP contribution >= 0.6 is 0 Å². The number of anilines is 1. The summed E-state index contributed by atoms with van der Waals surface area (Å²) in [5, 5.41) is 10.7. The third-order valence-corrected chi connectivity index (χ3v) is 4.84. The van der Waals surface area contributed by atoms with Crippen LogP contribution in [0.2, 0.25) is 0 Å². The van der Waals surface area contributed by atoms with E-state index in [1.807, 2.05) is 51.4 Å². The summed E-state index contributed by atoms with van der Waals surface area (Å²) in [6.45, 7) is 11.6. The number of pyridine rings is 1. The molecule has 3 rings (SSSR count). The monoisotopic (exact) mass is 393 g/mol. The summed E-state index contributed by atoms with van der Waals surface area (Å²) in [6.07, 6.45) is 1.70. The van der Waals surface area contributed by atoms with Crippen LogP contribution in [0.25, 0.3) is 11.0 Å². The fourth-order valence-electron chi connectivity index (χ4n) is 3.49.